The van der Waals surface area contributed by atoms with Gasteiger partial charge in [0.25, 0.3) is 17.5 Å². The highest BCUT2D eigenvalue weighted by molar-refractivity contribution is 6.34. The van der Waals surface area contributed by atoms with Crippen LogP contribution in [0.4, 0.5) is 19.1 Å². The molecule has 0 N–H and O–H groups in total. The summed E-state index contributed by atoms with van der Waals surface area (Å²) in [6.07, 6.45) is -5.41. The maximum atomic E-state index is 14.3. The van der Waals surface area contributed by atoms with E-state index < -0.39 is 18.2 Å². The van der Waals surface area contributed by atoms with Crippen LogP contribution in [0.5, 0.6) is 0 Å². The summed E-state index contributed by atoms with van der Waals surface area (Å²) in [5.41, 5.74) is -1.69. The fourth-order valence-corrected chi connectivity index (χ4v) is 4.53. The molecule has 8 nitrogen and oxygen atoms in total. The van der Waals surface area contributed by atoms with E-state index in [1.807, 2.05) is 0 Å². The maximum absolute atomic E-state index is 14.3. The van der Waals surface area contributed by atoms with Crippen LogP contribution in [-0.4, -0.2) is 46.7 Å². The Morgan fingerprint density at radius 3 is 2.49 bits per heavy atom. The molecule has 37 heavy (non-hydrogen) atoms. The maximum Gasteiger partial charge on any atom is 0.435 e. The Hall–Kier alpha value is -3.15. The molecule has 1 amide bonds. The van der Waals surface area contributed by atoms with Crippen molar-refractivity contribution in [3.8, 4) is 0 Å². The molecule has 0 fully saturated rings. The minimum Gasteiger partial charge on any atom is -0.377 e. The van der Waals surface area contributed by atoms with Gasteiger partial charge in [0.15, 0.2) is 5.82 Å². The van der Waals surface area contributed by atoms with Crippen LogP contribution in [0.3, 0.4) is 0 Å². The number of halogens is 5. The minimum absolute atomic E-state index is 0.0442. The number of aromatic nitrogens is 3. The van der Waals surface area contributed by atoms with E-state index in [9.17, 15) is 18.0 Å². The molecule has 196 valence electrons. The lowest BCUT2D eigenvalue weighted by atomic mass is 9.86. The Balaban J connectivity index is 1.60. The zero-order valence-electron chi connectivity index (χ0n) is 20.2. The van der Waals surface area contributed by atoms with Crippen molar-refractivity contribution in [1.82, 2.24) is 14.8 Å². The average molecular weight is 556 g/mol. The third-order valence-electron chi connectivity index (χ3n) is 6.02. The van der Waals surface area contributed by atoms with Crippen molar-refractivity contribution < 1.29 is 27.5 Å². The van der Waals surface area contributed by atoms with Crippen LogP contribution in [0.25, 0.3) is 0 Å². The molecule has 1 unspecified atom stereocenters. The highest BCUT2D eigenvalue weighted by atomic mass is 35.5. The molecule has 2 aromatic carbocycles. The Kier molecular flexibility index (Phi) is 7.24. The molecule has 3 aromatic rings. The second kappa shape index (κ2) is 9.96. The quantitative estimate of drug-likeness (QED) is 0.404. The number of methoxy groups -OCH3 is 1. The van der Waals surface area contributed by atoms with Gasteiger partial charge in [-0.05, 0) is 48.4 Å². The van der Waals surface area contributed by atoms with Crippen molar-refractivity contribution in [3.05, 3.63) is 74.5 Å². The predicted octanol–water partition coefficient (Wildman–Crippen LogP) is 5.44. The lowest BCUT2D eigenvalue weighted by Gasteiger charge is -2.29. The smallest absolute Gasteiger partial charge is 0.377 e. The van der Waals surface area contributed by atoms with E-state index in [1.54, 1.807) is 20.0 Å². The Morgan fingerprint density at radius 1 is 1.22 bits per heavy atom. The second-order valence-corrected chi connectivity index (χ2v) is 9.44. The summed E-state index contributed by atoms with van der Waals surface area (Å²) in [5.74, 6) is 0.339. The third kappa shape index (κ3) is 5.03. The van der Waals surface area contributed by atoms with E-state index in [0.717, 1.165) is 12.1 Å². The van der Waals surface area contributed by atoms with E-state index in [-0.39, 0.29) is 39.8 Å². The molecule has 4 rings (SSSR count). The standard InChI is InChI=1S/C24H22Cl2F3N5O3/c1-13-7-14(5-6-18(13)21(35)33(2)22-30-20(12-36-4)34(3)31-22)19-11-23(37-32-19,24(27,28)29)15-8-16(25)10-17(26)9-15/h5-10H,11-12H2,1-4H3. The van der Waals surface area contributed by atoms with Crippen molar-refractivity contribution >= 4 is 40.8 Å². The van der Waals surface area contributed by atoms with E-state index in [4.69, 9.17) is 32.8 Å². The van der Waals surface area contributed by atoms with E-state index >= 15 is 0 Å². The first-order valence-corrected chi connectivity index (χ1v) is 11.7. The molecule has 0 aliphatic carbocycles. The highest BCUT2D eigenvalue weighted by Gasteiger charge is 2.62. The first-order valence-electron chi connectivity index (χ1n) is 10.9. The molecule has 1 aromatic heterocycles. The largest absolute Gasteiger partial charge is 0.435 e. The van der Waals surface area contributed by atoms with Gasteiger partial charge >= 0.3 is 6.18 Å². The number of hydrogen-bond acceptors (Lipinski definition) is 6. The summed E-state index contributed by atoms with van der Waals surface area (Å²) in [4.78, 5) is 23.8. The number of nitrogens with zero attached hydrogens (tertiary/aromatic N) is 5. The summed E-state index contributed by atoms with van der Waals surface area (Å²) in [7, 11) is 4.74. The van der Waals surface area contributed by atoms with Gasteiger partial charge in [0.1, 0.15) is 6.61 Å². The van der Waals surface area contributed by atoms with Crippen molar-refractivity contribution in [2.45, 2.75) is 31.7 Å². The van der Waals surface area contributed by atoms with Crippen LogP contribution in [-0.2, 0) is 28.8 Å². The van der Waals surface area contributed by atoms with Crippen LogP contribution in [0.15, 0.2) is 41.6 Å². The normalized spacial score (nSPS) is 17.5. The number of alkyl halides is 3. The van der Waals surface area contributed by atoms with Gasteiger partial charge in [0.05, 0.1) is 5.71 Å². The van der Waals surface area contributed by atoms with Crippen LogP contribution in [0, 0.1) is 6.92 Å². The Morgan fingerprint density at radius 2 is 1.89 bits per heavy atom. The van der Waals surface area contributed by atoms with E-state index in [0.29, 0.717) is 22.5 Å². The molecule has 2 heterocycles. The molecular weight excluding hydrogens is 534 g/mol. The van der Waals surface area contributed by atoms with Crippen LogP contribution in [0.2, 0.25) is 10.0 Å². The summed E-state index contributed by atoms with van der Waals surface area (Å²) in [6.45, 7) is 1.90. The first kappa shape index (κ1) is 26.9. The lowest BCUT2D eigenvalue weighted by molar-refractivity contribution is -0.275. The number of amides is 1. The number of hydrogen-bond donors (Lipinski definition) is 0. The van der Waals surface area contributed by atoms with Crippen molar-refractivity contribution in [3.63, 3.8) is 0 Å². The van der Waals surface area contributed by atoms with E-state index in [2.05, 4.69) is 15.2 Å². The van der Waals surface area contributed by atoms with Gasteiger partial charge in [-0.3, -0.25) is 9.69 Å². The lowest BCUT2D eigenvalue weighted by Crippen LogP contribution is -2.42. The van der Waals surface area contributed by atoms with Gasteiger partial charge in [-0.25, -0.2) is 4.68 Å². The zero-order chi connectivity index (χ0) is 27.1. The number of carbonyl (C=O) groups excluding carboxylic acids is 1. The highest BCUT2D eigenvalue weighted by Crippen LogP contribution is 2.49. The van der Waals surface area contributed by atoms with Crippen molar-refractivity contribution in [2.75, 3.05) is 19.1 Å². The number of anilines is 1. The number of oxime groups is 1. The number of benzene rings is 2. The fraction of sp³-hybridized carbons (Fsp3) is 0.333. The summed E-state index contributed by atoms with van der Waals surface area (Å²) in [5, 5.41) is 8.09. The molecule has 13 heteroatoms. The fourth-order valence-electron chi connectivity index (χ4n) is 4.00. The predicted molar refractivity (Wildman–Crippen MR) is 132 cm³/mol. The molecular formula is C24H22Cl2F3N5O3. The SMILES string of the molecule is COCc1nc(N(C)C(=O)c2ccc(C3=NOC(c4cc(Cl)cc(Cl)c4)(C(F)(F)F)C3)cc2C)nn1C. The van der Waals surface area contributed by atoms with Crippen LogP contribution < -0.4 is 4.90 Å². The molecule has 0 spiro atoms. The number of aryl methyl sites for hydroxylation is 2. The zero-order valence-corrected chi connectivity index (χ0v) is 21.7. The van der Waals surface area contributed by atoms with Crippen molar-refractivity contribution in [2.24, 2.45) is 12.2 Å². The second-order valence-electron chi connectivity index (χ2n) is 8.57. The monoisotopic (exact) mass is 555 g/mol. The molecule has 0 saturated heterocycles. The van der Waals surface area contributed by atoms with Gasteiger partial charge < -0.3 is 9.57 Å². The summed E-state index contributed by atoms with van der Waals surface area (Å²) >= 11 is 11.9. The Bertz CT molecular complexity index is 1370. The Labute approximate surface area is 220 Å². The third-order valence-corrected chi connectivity index (χ3v) is 6.46. The molecule has 1 aliphatic heterocycles. The van der Waals surface area contributed by atoms with Gasteiger partial charge in [0.2, 0.25) is 0 Å². The summed E-state index contributed by atoms with van der Waals surface area (Å²) < 4.78 is 49.4. The van der Waals surface area contributed by atoms with Crippen molar-refractivity contribution in [1.29, 1.82) is 0 Å². The van der Waals surface area contributed by atoms with Gasteiger partial charge in [0, 0.05) is 48.8 Å². The molecule has 0 saturated carbocycles. The number of carbonyl (C=O) groups is 1. The first-order chi connectivity index (χ1) is 17.4. The van der Waals surface area contributed by atoms with Gasteiger partial charge in [-0.2, -0.15) is 18.2 Å². The average Bonchev–Trinajstić information content (AvgIpc) is 3.43. The molecule has 0 radical (unpaired) electrons. The van der Waals surface area contributed by atoms with Gasteiger partial charge in [-0.15, -0.1) is 5.10 Å². The van der Waals surface area contributed by atoms with Crippen LogP contribution >= 0.6 is 23.2 Å². The number of ether oxygens (including phenoxy) is 1. The van der Waals surface area contributed by atoms with Crippen LogP contribution in [0.1, 0.15) is 39.3 Å². The summed E-state index contributed by atoms with van der Waals surface area (Å²) in [6, 6.07) is 8.29. The molecule has 1 atom stereocenters. The van der Waals surface area contributed by atoms with Gasteiger partial charge in [-0.1, -0.05) is 34.4 Å². The van der Waals surface area contributed by atoms with E-state index in [1.165, 1.54) is 41.9 Å². The number of rotatable bonds is 6. The minimum atomic E-state index is -4.81. The topological polar surface area (TPSA) is 81.8 Å². The molecule has 0 bridgehead atoms. The molecule has 1 aliphatic rings.